The minimum atomic E-state index is -5.39. The van der Waals surface area contributed by atoms with Gasteiger partial charge in [0, 0.05) is 0 Å². The molecule has 108 valence electrons. The summed E-state index contributed by atoms with van der Waals surface area (Å²) in [5.41, 5.74) is -3.68. The van der Waals surface area contributed by atoms with Crippen molar-refractivity contribution in [1.82, 2.24) is 4.98 Å². The van der Waals surface area contributed by atoms with Gasteiger partial charge in [-0.2, -0.15) is 13.2 Å². The van der Waals surface area contributed by atoms with Crippen molar-refractivity contribution in [2.24, 2.45) is 0 Å². The van der Waals surface area contributed by atoms with Crippen molar-refractivity contribution in [3.05, 3.63) is 22.5 Å². The van der Waals surface area contributed by atoms with E-state index in [1.807, 2.05) is 0 Å². The van der Waals surface area contributed by atoms with Gasteiger partial charge in [0.25, 0.3) is 6.43 Å². The van der Waals surface area contributed by atoms with Crippen LogP contribution in [0.1, 0.15) is 17.8 Å². The smallest absolute Gasteiger partial charge is 0.402 e. The standard InChI is InChI=1S/C8H2ClF8NO/c9-2-1-3(7(12,13)14)18-4(6(10)11)5(2)19-8(15,16)17/h1,6H. The maximum absolute atomic E-state index is 12.4. The highest BCUT2D eigenvalue weighted by Gasteiger charge is 2.39. The third kappa shape index (κ3) is 4.08. The van der Waals surface area contributed by atoms with Gasteiger partial charge in [0.1, 0.15) is 5.69 Å². The molecule has 1 rings (SSSR count). The van der Waals surface area contributed by atoms with Crippen LogP contribution in [-0.2, 0) is 6.18 Å². The lowest BCUT2D eigenvalue weighted by atomic mass is 10.2. The molecular weight excluding hydrogens is 314 g/mol. The number of ether oxygens (including phenoxy) is 1. The number of pyridine rings is 1. The minimum Gasteiger partial charge on any atom is -0.402 e. The third-order valence-electron chi connectivity index (χ3n) is 1.67. The quantitative estimate of drug-likeness (QED) is 0.745. The molecule has 0 unspecified atom stereocenters. The van der Waals surface area contributed by atoms with Crippen molar-refractivity contribution >= 4 is 11.6 Å². The van der Waals surface area contributed by atoms with E-state index < -0.39 is 41.1 Å². The number of rotatable bonds is 2. The van der Waals surface area contributed by atoms with Gasteiger partial charge in [-0.3, -0.25) is 0 Å². The number of halogens is 9. The molecular formula is C8H2ClF8NO. The van der Waals surface area contributed by atoms with E-state index in [1.165, 1.54) is 0 Å². The van der Waals surface area contributed by atoms with E-state index in [-0.39, 0.29) is 6.07 Å². The van der Waals surface area contributed by atoms with Crippen LogP contribution in [0.2, 0.25) is 5.02 Å². The van der Waals surface area contributed by atoms with Crippen molar-refractivity contribution in [3.63, 3.8) is 0 Å². The summed E-state index contributed by atoms with van der Waals surface area (Å²) in [5.74, 6) is -1.66. The summed E-state index contributed by atoms with van der Waals surface area (Å²) in [6.07, 6.45) is -14.3. The monoisotopic (exact) mass is 315 g/mol. The van der Waals surface area contributed by atoms with Crippen LogP contribution in [0.25, 0.3) is 0 Å². The van der Waals surface area contributed by atoms with Gasteiger partial charge in [0.15, 0.2) is 11.4 Å². The molecule has 0 atom stereocenters. The predicted octanol–water partition coefficient (Wildman–Crippen LogP) is 4.59. The second kappa shape index (κ2) is 4.99. The molecule has 0 aromatic carbocycles. The first-order valence-electron chi connectivity index (χ1n) is 4.23. The van der Waals surface area contributed by atoms with Crippen LogP contribution in [-0.4, -0.2) is 11.3 Å². The summed E-state index contributed by atoms with van der Waals surface area (Å²) in [6.45, 7) is 0. The van der Waals surface area contributed by atoms with Gasteiger partial charge >= 0.3 is 12.5 Å². The van der Waals surface area contributed by atoms with Crippen LogP contribution in [0.3, 0.4) is 0 Å². The Balaban J connectivity index is 3.40. The lowest BCUT2D eigenvalue weighted by Crippen LogP contribution is -2.20. The fourth-order valence-corrected chi connectivity index (χ4v) is 1.27. The van der Waals surface area contributed by atoms with Crippen molar-refractivity contribution in [3.8, 4) is 5.75 Å². The van der Waals surface area contributed by atoms with Crippen LogP contribution < -0.4 is 4.74 Å². The maximum atomic E-state index is 12.4. The SMILES string of the molecule is FC(F)c1nc(C(F)(F)F)cc(Cl)c1OC(F)(F)F. The first-order valence-corrected chi connectivity index (χ1v) is 4.61. The van der Waals surface area contributed by atoms with Gasteiger partial charge in [-0.25, -0.2) is 13.8 Å². The summed E-state index contributed by atoms with van der Waals surface area (Å²) >= 11 is 5.09. The van der Waals surface area contributed by atoms with E-state index in [2.05, 4.69) is 9.72 Å². The summed E-state index contributed by atoms with van der Waals surface area (Å²) < 4.78 is 101. The Labute approximate surface area is 104 Å². The van der Waals surface area contributed by atoms with Crippen molar-refractivity contribution in [2.45, 2.75) is 19.0 Å². The summed E-state index contributed by atoms with van der Waals surface area (Å²) in [4.78, 5) is 2.40. The van der Waals surface area contributed by atoms with Gasteiger partial charge in [0.05, 0.1) is 5.02 Å². The Morgan fingerprint density at radius 3 is 2.00 bits per heavy atom. The van der Waals surface area contributed by atoms with Crippen LogP contribution in [0, 0.1) is 0 Å². The molecule has 1 aromatic rings. The average molecular weight is 316 g/mol. The third-order valence-corrected chi connectivity index (χ3v) is 1.95. The van der Waals surface area contributed by atoms with E-state index in [9.17, 15) is 35.1 Å². The van der Waals surface area contributed by atoms with E-state index in [0.717, 1.165) is 0 Å². The van der Waals surface area contributed by atoms with Gasteiger partial charge in [-0.1, -0.05) is 11.6 Å². The number of aromatic nitrogens is 1. The highest BCUT2D eigenvalue weighted by Crippen LogP contribution is 2.40. The van der Waals surface area contributed by atoms with Gasteiger partial charge in [0.2, 0.25) is 0 Å². The topological polar surface area (TPSA) is 22.1 Å². The van der Waals surface area contributed by atoms with Gasteiger partial charge in [-0.15, -0.1) is 13.2 Å². The highest BCUT2D eigenvalue weighted by molar-refractivity contribution is 6.32. The van der Waals surface area contributed by atoms with Crippen molar-refractivity contribution in [1.29, 1.82) is 0 Å². The zero-order valence-electron chi connectivity index (χ0n) is 8.41. The Hall–Kier alpha value is -1.32. The average Bonchev–Trinajstić information content (AvgIpc) is 2.16. The molecule has 0 saturated carbocycles. The Bertz CT molecular complexity index is 469. The molecule has 0 spiro atoms. The maximum Gasteiger partial charge on any atom is 0.573 e. The van der Waals surface area contributed by atoms with Crippen molar-refractivity contribution in [2.75, 3.05) is 0 Å². The molecule has 11 heteroatoms. The predicted molar refractivity (Wildman–Crippen MR) is 45.9 cm³/mol. The molecule has 0 saturated heterocycles. The normalized spacial score (nSPS) is 12.9. The van der Waals surface area contributed by atoms with Crippen LogP contribution in [0.15, 0.2) is 6.07 Å². The Kier molecular flexibility index (Phi) is 4.13. The largest absolute Gasteiger partial charge is 0.573 e. The van der Waals surface area contributed by atoms with Crippen LogP contribution in [0.5, 0.6) is 5.75 Å². The zero-order chi connectivity index (χ0) is 15.0. The first-order chi connectivity index (χ1) is 8.42. The highest BCUT2D eigenvalue weighted by atomic mass is 35.5. The van der Waals surface area contributed by atoms with Gasteiger partial charge < -0.3 is 4.74 Å². The fraction of sp³-hybridized carbons (Fsp3) is 0.375. The summed E-state index contributed by atoms with van der Waals surface area (Å²) in [6, 6.07) is -0.0332. The lowest BCUT2D eigenvalue weighted by Gasteiger charge is -2.15. The molecule has 19 heavy (non-hydrogen) atoms. The van der Waals surface area contributed by atoms with Crippen LogP contribution >= 0.6 is 11.6 Å². The first kappa shape index (κ1) is 15.7. The second-order valence-electron chi connectivity index (χ2n) is 3.05. The zero-order valence-corrected chi connectivity index (χ0v) is 9.17. The Morgan fingerprint density at radius 2 is 1.63 bits per heavy atom. The van der Waals surface area contributed by atoms with E-state index in [0.29, 0.717) is 0 Å². The molecule has 0 radical (unpaired) electrons. The number of nitrogens with zero attached hydrogens (tertiary/aromatic N) is 1. The fourth-order valence-electron chi connectivity index (χ4n) is 1.03. The molecule has 0 fully saturated rings. The molecule has 0 aliphatic rings. The number of hydrogen-bond acceptors (Lipinski definition) is 2. The van der Waals surface area contributed by atoms with E-state index in [4.69, 9.17) is 11.6 Å². The molecule has 0 aliphatic heterocycles. The number of alkyl halides is 8. The van der Waals surface area contributed by atoms with E-state index >= 15 is 0 Å². The summed E-state index contributed by atoms with van der Waals surface area (Å²) in [5, 5.41) is -1.27. The van der Waals surface area contributed by atoms with E-state index in [1.54, 1.807) is 0 Å². The lowest BCUT2D eigenvalue weighted by molar-refractivity contribution is -0.275. The van der Waals surface area contributed by atoms with Crippen LogP contribution in [0.4, 0.5) is 35.1 Å². The molecule has 0 bridgehead atoms. The molecule has 0 amide bonds. The molecule has 1 aromatic heterocycles. The number of hydrogen-bond donors (Lipinski definition) is 0. The summed E-state index contributed by atoms with van der Waals surface area (Å²) in [7, 11) is 0. The second-order valence-corrected chi connectivity index (χ2v) is 3.46. The van der Waals surface area contributed by atoms with Crippen molar-refractivity contribution < 1.29 is 39.9 Å². The molecule has 2 nitrogen and oxygen atoms in total. The molecule has 0 N–H and O–H groups in total. The molecule has 1 heterocycles. The van der Waals surface area contributed by atoms with Gasteiger partial charge in [-0.05, 0) is 6.07 Å². The Morgan fingerprint density at radius 1 is 1.11 bits per heavy atom. The molecule has 0 aliphatic carbocycles. The minimum absolute atomic E-state index is 0.0332.